The number of nitrogens with zero attached hydrogens (tertiary/aromatic N) is 2. The zero-order valence-electron chi connectivity index (χ0n) is 15.1. The molecule has 0 radical (unpaired) electrons. The molecule has 1 aliphatic rings. The van der Waals surface area contributed by atoms with E-state index in [0.29, 0.717) is 17.4 Å². The highest BCUT2D eigenvalue weighted by molar-refractivity contribution is 7.94. The van der Waals surface area contributed by atoms with Crippen LogP contribution in [0.1, 0.15) is 0 Å². The fraction of sp³-hybridized carbons (Fsp3) is 0.267. The van der Waals surface area contributed by atoms with Gasteiger partial charge in [0.1, 0.15) is 0 Å². The van der Waals surface area contributed by atoms with Crippen molar-refractivity contribution in [2.45, 2.75) is 0 Å². The van der Waals surface area contributed by atoms with E-state index in [1.807, 2.05) is 0 Å². The molecule has 0 saturated carbocycles. The first-order valence-corrected chi connectivity index (χ1v) is 11.9. The predicted molar refractivity (Wildman–Crippen MR) is 109 cm³/mol. The van der Waals surface area contributed by atoms with Crippen LogP contribution < -0.4 is 5.53 Å². The molecule has 1 fully saturated rings. The monoisotopic (exact) mass is 453 g/mol. The molecular weight excluding hydrogens is 430 g/mol. The van der Waals surface area contributed by atoms with E-state index in [1.165, 1.54) is 11.2 Å². The van der Waals surface area contributed by atoms with Crippen LogP contribution in [0.5, 0.6) is 0 Å². The number of hydrazine groups is 2. The third kappa shape index (κ3) is 8.67. The van der Waals surface area contributed by atoms with Crippen LogP contribution in [0.3, 0.4) is 0 Å². The molecule has 0 bridgehead atoms. The molecule has 0 amide bonds. The van der Waals surface area contributed by atoms with Crippen molar-refractivity contribution in [1.82, 2.24) is 15.6 Å². The first-order chi connectivity index (χ1) is 13.0. The molecule has 1 atom stereocenters. The first-order valence-electron chi connectivity index (χ1n) is 7.41. The lowest BCUT2D eigenvalue weighted by Gasteiger charge is -2.38. The third-order valence-corrected chi connectivity index (χ3v) is 5.89. The van der Waals surface area contributed by atoms with Gasteiger partial charge >= 0.3 is 0 Å². The van der Waals surface area contributed by atoms with Gasteiger partial charge in [0.25, 0.3) is 0 Å². The fourth-order valence-electron chi connectivity index (χ4n) is 1.69. The Morgan fingerprint density at radius 1 is 1.00 bits per heavy atom. The summed E-state index contributed by atoms with van der Waals surface area (Å²) in [5, 5.41) is 4.39. The SMILES string of the molecule is C=CC1CN(C=C)NN(C=C)C1=S(=O)=O.C=CS(=O)(=O)COCS(=O)(=O)C=C. The molecule has 1 heterocycles. The smallest absolute Gasteiger partial charge is 0.236 e. The molecule has 0 aliphatic carbocycles. The summed E-state index contributed by atoms with van der Waals surface area (Å²) in [7, 11) is -9.32. The number of rotatable bonds is 9. The van der Waals surface area contributed by atoms with E-state index >= 15 is 0 Å². The topological polar surface area (TPSA) is 130 Å². The Balaban J connectivity index is 0.000000528. The van der Waals surface area contributed by atoms with Gasteiger partial charge in [-0.2, -0.15) is 8.42 Å². The maximum absolute atomic E-state index is 11.0. The van der Waals surface area contributed by atoms with Crippen LogP contribution in [-0.4, -0.2) is 58.7 Å². The van der Waals surface area contributed by atoms with E-state index in [-0.39, 0.29) is 10.9 Å². The molecule has 13 heteroatoms. The first kappa shape index (κ1) is 25.8. The molecular formula is C15H23N3O7S3. The highest BCUT2D eigenvalue weighted by Crippen LogP contribution is 2.12. The zero-order chi connectivity index (χ0) is 22.0. The van der Waals surface area contributed by atoms with Crippen LogP contribution in [0, 0.1) is 5.92 Å². The number of hydrogen-bond donors (Lipinski definition) is 1. The maximum Gasteiger partial charge on any atom is 0.236 e. The summed E-state index contributed by atoms with van der Waals surface area (Å²) in [5.74, 6) is -1.66. The van der Waals surface area contributed by atoms with E-state index in [9.17, 15) is 25.3 Å². The molecule has 28 heavy (non-hydrogen) atoms. The molecule has 1 N–H and O–H groups in total. The molecule has 1 unspecified atom stereocenters. The lowest BCUT2D eigenvalue weighted by Crippen LogP contribution is -2.57. The predicted octanol–water partition coefficient (Wildman–Crippen LogP) is 0.156. The molecule has 158 valence electrons. The van der Waals surface area contributed by atoms with Crippen molar-refractivity contribution in [3.63, 3.8) is 0 Å². The molecule has 0 aromatic rings. The number of sulfone groups is 2. The normalized spacial score (nSPS) is 17.0. The van der Waals surface area contributed by atoms with Crippen molar-refractivity contribution in [1.29, 1.82) is 0 Å². The Morgan fingerprint density at radius 3 is 1.82 bits per heavy atom. The Kier molecular flexibility index (Phi) is 10.7. The second-order valence-corrected chi connectivity index (χ2v) is 9.68. The summed E-state index contributed by atoms with van der Waals surface area (Å²) in [5.41, 5.74) is 2.80. The van der Waals surface area contributed by atoms with Crippen LogP contribution in [0.2, 0.25) is 0 Å². The fourth-order valence-corrected chi connectivity index (χ4v) is 3.31. The van der Waals surface area contributed by atoms with E-state index in [2.05, 4.69) is 43.2 Å². The minimum Gasteiger partial charge on any atom is -0.349 e. The highest BCUT2D eigenvalue weighted by atomic mass is 32.2. The second kappa shape index (κ2) is 11.6. The van der Waals surface area contributed by atoms with Crippen molar-refractivity contribution in [2.24, 2.45) is 5.92 Å². The van der Waals surface area contributed by atoms with Crippen LogP contribution in [-0.2, 0) is 34.7 Å². The van der Waals surface area contributed by atoms with Gasteiger partial charge in [-0.25, -0.2) is 16.8 Å². The van der Waals surface area contributed by atoms with Gasteiger partial charge < -0.3 is 4.74 Å². The van der Waals surface area contributed by atoms with Crippen LogP contribution >= 0.6 is 0 Å². The summed E-state index contributed by atoms with van der Waals surface area (Å²) in [4.78, 5) is 0.207. The second-order valence-electron chi connectivity index (χ2n) is 5.00. The number of nitrogens with one attached hydrogen (secondary N) is 1. The van der Waals surface area contributed by atoms with Crippen LogP contribution in [0.4, 0.5) is 0 Å². The minimum absolute atomic E-state index is 0.207. The standard InChI is InChI=1S/C9H13N3O2S.C6H10O5S2/c1-4-8-7-11(5-2)10-12(6-3)9(8)15(13)14;1-3-12(7,8)5-11-6-13(9,10)4-2/h4-6,8,10H,1-3,7H2;3-4H,1-2,5-6H2. The Morgan fingerprint density at radius 2 is 1.50 bits per heavy atom. The van der Waals surface area contributed by atoms with E-state index in [4.69, 9.17) is 0 Å². The minimum atomic E-state index is -3.51. The number of hydrogen-bond acceptors (Lipinski definition) is 9. The quantitative estimate of drug-likeness (QED) is 0.380. The molecule has 0 aromatic heterocycles. The van der Waals surface area contributed by atoms with Crippen molar-refractivity contribution >= 4 is 35.0 Å². The van der Waals surface area contributed by atoms with Gasteiger partial charge in [0.15, 0.2) is 36.5 Å². The van der Waals surface area contributed by atoms with Gasteiger partial charge in [-0.1, -0.05) is 32.4 Å². The average molecular weight is 454 g/mol. The molecule has 10 nitrogen and oxygen atoms in total. The average Bonchev–Trinajstić information content (AvgIpc) is 2.66. The van der Waals surface area contributed by atoms with Crippen LogP contribution in [0.25, 0.3) is 0 Å². The van der Waals surface area contributed by atoms with E-state index in [0.717, 1.165) is 0 Å². The molecule has 1 saturated heterocycles. The van der Waals surface area contributed by atoms with Gasteiger partial charge in [0.2, 0.25) is 10.3 Å². The van der Waals surface area contributed by atoms with E-state index < -0.39 is 41.8 Å². The van der Waals surface area contributed by atoms with Gasteiger partial charge in [-0.15, -0.1) is 12.1 Å². The van der Waals surface area contributed by atoms with Gasteiger partial charge in [-0.3, -0.25) is 10.0 Å². The van der Waals surface area contributed by atoms with E-state index in [1.54, 1.807) is 17.3 Å². The molecule has 0 aromatic carbocycles. The van der Waals surface area contributed by atoms with Crippen molar-refractivity contribution in [2.75, 3.05) is 18.4 Å². The third-order valence-electron chi connectivity index (χ3n) is 3.05. The largest absolute Gasteiger partial charge is 0.349 e. The lowest BCUT2D eigenvalue weighted by atomic mass is 10.1. The lowest BCUT2D eigenvalue weighted by molar-refractivity contribution is 0.125. The summed E-state index contributed by atoms with van der Waals surface area (Å²) in [6.45, 7) is 17.3. The Labute approximate surface area is 167 Å². The molecule has 1 aliphatic heterocycles. The van der Waals surface area contributed by atoms with Crippen molar-refractivity contribution < 1.29 is 30.0 Å². The van der Waals surface area contributed by atoms with Crippen LogP contribution in [0.15, 0.2) is 62.2 Å². The number of ether oxygens (including phenoxy) is 1. The van der Waals surface area contributed by atoms with Crippen molar-refractivity contribution in [3.05, 3.63) is 62.2 Å². The van der Waals surface area contributed by atoms with Gasteiger partial charge in [-0.05, 0) is 0 Å². The zero-order valence-corrected chi connectivity index (χ0v) is 17.5. The highest BCUT2D eigenvalue weighted by Gasteiger charge is 2.27. The maximum atomic E-state index is 11.0. The Hall–Kier alpha value is -2.19. The molecule has 0 spiro atoms. The summed E-state index contributed by atoms with van der Waals surface area (Å²) < 4.78 is 69.3. The summed E-state index contributed by atoms with van der Waals surface area (Å²) in [6, 6.07) is 0. The summed E-state index contributed by atoms with van der Waals surface area (Å²) in [6.07, 6.45) is 4.54. The van der Waals surface area contributed by atoms with Crippen molar-refractivity contribution in [3.8, 4) is 0 Å². The Bertz CT molecular complexity index is 885. The molecule has 1 rings (SSSR count). The van der Waals surface area contributed by atoms with Gasteiger partial charge in [0, 0.05) is 29.8 Å². The van der Waals surface area contributed by atoms with Gasteiger partial charge in [0.05, 0.1) is 5.92 Å². The summed E-state index contributed by atoms with van der Waals surface area (Å²) >= 11 is 0.